The van der Waals surface area contributed by atoms with Crippen LogP contribution < -0.4 is 0 Å². The van der Waals surface area contributed by atoms with Crippen LogP contribution in [0.4, 0.5) is 4.39 Å². The van der Waals surface area contributed by atoms with Crippen LogP contribution >= 0.6 is 0 Å². The normalized spacial score (nSPS) is 21.0. The number of benzene rings is 2. The number of hydrogen-bond donors (Lipinski definition) is 1. The highest BCUT2D eigenvalue weighted by molar-refractivity contribution is 5.38. The molecule has 30 heavy (non-hydrogen) atoms. The molecule has 1 N–H and O–H groups in total. The Balaban J connectivity index is 0.000000269. The molecule has 164 valence electrons. The maximum Gasteiger partial charge on any atom is 0.175 e. The zero-order valence-corrected chi connectivity index (χ0v) is 18.3. The molecule has 2 fully saturated rings. The summed E-state index contributed by atoms with van der Waals surface area (Å²) in [7, 11) is 0. The van der Waals surface area contributed by atoms with Gasteiger partial charge in [0, 0.05) is 6.54 Å². The Morgan fingerprint density at radius 3 is 1.80 bits per heavy atom. The minimum absolute atomic E-state index is 0.0394. The minimum Gasteiger partial charge on any atom is -0.311 e. The third-order valence-corrected chi connectivity index (χ3v) is 6.41. The second kappa shape index (κ2) is 11.6. The molecule has 2 aromatic rings. The van der Waals surface area contributed by atoms with Crippen molar-refractivity contribution in [1.29, 1.82) is 0 Å². The van der Waals surface area contributed by atoms with E-state index in [1.54, 1.807) is 0 Å². The summed E-state index contributed by atoms with van der Waals surface area (Å²) in [5, 5.41) is 9.40. The van der Waals surface area contributed by atoms with E-state index in [9.17, 15) is 4.39 Å². The van der Waals surface area contributed by atoms with Gasteiger partial charge in [-0.3, -0.25) is 4.90 Å². The number of rotatable bonds is 5. The van der Waals surface area contributed by atoms with Crippen molar-refractivity contribution in [3.05, 3.63) is 71.8 Å². The van der Waals surface area contributed by atoms with Gasteiger partial charge in [-0.15, -0.1) is 0 Å². The number of hydrogen-bond acceptors (Lipinski definition) is 3. The van der Waals surface area contributed by atoms with E-state index >= 15 is 0 Å². The summed E-state index contributed by atoms with van der Waals surface area (Å²) in [5.41, 5.74) is 2.94. The van der Waals surface area contributed by atoms with E-state index in [4.69, 9.17) is 5.21 Å². The molecule has 0 bridgehead atoms. The second-order valence-electron chi connectivity index (χ2n) is 8.48. The van der Waals surface area contributed by atoms with E-state index in [0.717, 1.165) is 17.9 Å². The lowest BCUT2D eigenvalue weighted by molar-refractivity contribution is -0.181. The molecule has 1 unspecified atom stereocenters. The SMILES string of the molecule is CCCC(c1ccccc1)(c1ccccc1)N1CCCCC1.ON1CCCCC1F. The van der Waals surface area contributed by atoms with Gasteiger partial charge in [-0.25, -0.2) is 4.39 Å². The van der Waals surface area contributed by atoms with Gasteiger partial charge in [0.2, 0.25) is 0 Å². The summed E-state index contributed by atoms with van der Waals surface area (Å²) in [6.45, 7) is 5.22. The molecule has 2 heterocycles. The van der Waals surface area contributed by atoms with Crippen molar-refractivity contribution in [2.24, 2.45) is 0 Å². The highest BCUT2D eigenvalue weighted by Crippen LogP contribution is 2.41. The van der Waals surface area contributed by atoms with Crippen molar-refractivity contribution in [3.8, 4) is 0 Å². The van der Waals surface area contributed by atoms with E-state index in [2.05, 4.69) is 72.5 Å². The number of alkyl halides is 1. The topological polar surface area (TPSA) is 26.7 Å². The summed E-state index contributed by atoms with van der Waals surface area (Å²) in [6.07, 6.45) is 7.59. The summed E-state index contributed by atoms with van der Waals surface area (Å²) in [4.78, 5) is 2.74. The van der Waals surface area contributed by atoms with Gasteiger partial charge in [-0.2, -0.15) is 5.06 Å². The quantitative estimate of drug-likeness (QED) is 0.578. The molecule has 0 amide bonds. The fourth-order valence-electron chi connectivity index (χ4n) is 4.92. The number of nitrogens with zero attached hydrogens (tertiary/aromatic N) is 2. The Kier molecular flexibility index (Phi) is 8.86. The largest absolute Gasteiger partial charge is 0.311 e. The van der Waals surface area contributed by atoms with Gasteiger partial charge >= 0.3 is 0 Å². The Morgan fingerprint density at radius 2 is 1.37 bits per heavy atom. The fraction of sp³-hybridized carbons (Fsp3) is 0.538. The zero-order valence-electron chi connectivity index (χ0n) is 18.3. The van der Waals surface area contributed by atoms with Crippen molar-refractivity contribution >= 4 is 0 Å². The lowest BCUT2D eigenvalue weighted by Gasteiger charge is -2.47. The Labute approximate surface area is 181 Å². The van der Waals surface area contributed by atoms with Gasteiger partial charge in [0.1, 0.15) is 0 Å². The molecule has 0 saturated carbocycles. The van der Waals surface area contributed by atoms with Crippen molar-refractivity contribution in [1.82, 2.24) is 9.96 Å². The molecular weight excluding hydrogens is 375 g/mol. The molecule has 0 spiro atoms. The van der Waals surface area contributed by atoms with Crippen LogP contribution in [0.15, 0.2) is 60.7 Å². The molecule has 0 aromatic heterocycles. The first kappa shape index (κ1) is 22.9. The first-order valence-electron chi connectivity index (χ1n) is 11.6. The van der Waals surface area contributed by atoms with Gasteiger partial charge in [-0.05, 0) is 62.7 Å². The maximum atomic E-state index is 12.3. The van der Waals surface area contributed by atoms with Crippen LogP contribution in [0.25, 0.3) is 0 Å². The average Bonchev–Trinajstić information content (AvgIpc) is 2.82. The molecule has 2 aliphatic heterocycles. The van der Waals surface area contributed by atoms with Gasteiger partial charge in [-0.1, -0.05) is 80.4 Å². The summed E-state index contributed by atoms with van der Waals surface area (Å²) in [6, 6.07) is 22.3. The van der Waals surface area contributed by atoms with E-state index in [-0.39, 0.29) is 5.54 Å². The van der Waals surface area contributed by atoms with E-state index in [1.807, 2.05) is 0 Å². The molecule has 3 nitrogen and oxygen atoms in total. The van der Waals surface area contributed by atoms with Crippen LogP contribution in [0.3, 0.4) is 0 Å². The van der Waals surface area contributed by atoms with E-state index in [1.165, 1.54) is 56.3 Å². The van der Waals surface area contributed by atoms with Crippen molar-refractivity contribution < 1.29 is 9.60 Å². The zero-order chi connectivity index (χ0) is 21.2. The highest BCUT2D eigenvalue weighted by Gasteiger charge is 2.39. The van der Waals surface area contributed by atoms with Gasteiger partial charge in [0.05, 0.1) is 5.54 Å². The molecule has 4 heteroatoms. The first-order chi connectivity index (χ1) is 14.7. The lowest BCUT2D eigenvalue weighted by atomic mass is 9.77. The standard InChI is InChI=1S/C21H27N.C5H10FNO/c1-2-16-21(19-12-6-3-7-13-19,20-14-8-4-9-15-20)22-17-10-5-11-18-22;6-5-3-1-2-4-7(5)8/h3-4,6-9,12-15H,2,5,10-11,16-18H2,1H3;5,8H,1-4H2. The average molecular weight is 413 g/mol. The summed E-state index contributed by atoms with van der Waals surface area (Å²) in [5.74, 6) is 0. The second-order valence-corrected chi connectivity index (χ2v) is 8.48. The Hall–Kier alpha value is -1.75. The molecule has 0 aliphatic carbocycles. The molecule has 2 aliphatic rings. The van der Waals surface area contributed by atoms with Gasteiger partial charge in [0.15, 0.2) is 6.30 Å². The van der Waals surface area contributed by atoms with Gasteiger partial charge < -0.3 is 5.21 Å². The van der Waals surface area contributed by atoms with Crippen LogP contribution in [0, 0.1) is 0 Å². The monoisotopic (exact) mass is 412 g/mol. The minimum atomic E-state index is -1.11. The number of likely N-dealkylation sites (tertiary alicyclic amines) is 1. The van der Waals surface area contributed by atoms with E-state index in [0.29, 0.717) is 13.0 Å². The predicted molar refractivity (Wildman–Crippen MR) is 121 cm³/mol. The third kappa shape index (κ3) is 5.48. The highest BCUT2D eigenvalue weighted by atomic mass is 19.1. The van der Waals surface area contributed by atoms with Crippen molar-refractivity contribution in [2.75, 3.05) is 19.6 Å². The number of piperidine rings is 2. The van der Waals surface area contributed by atoms with Crippen molar-refractivity contribution in [2.45, 2.75) is 70.1 Å². The number of halogens is 1. The smallest absolute Gasteiger partial charge is 0.175 e. The van der Waals surface area contributed by atoms with Gasteiger partial charge in [0.25, 0.3) is 0 Å². The third-order valence-electron chi connectivity index (χ3n) is 6.41. The predicted octanol–water partition coefficient (Wildman–Crippen LogP) is 6.37. The van der Waals surface area contributed by atoms with Crippen molar-refractivity contribution in [3.63, 3.8) is 0 Å². The number of hydroxylamine groups is 2. The fourth-order valence-corrected chi connectivity index (χ4v) is 4.92. The van der Waals surface area contributed by atoms with E-state index < -0.39 is 6.30 Å². The molecule has 4 rings (SSSR count). The summed E-state index contributed by atoms with van der Waals surface area (Å²) >= 11 is 0. The molecule has 1 atom stereocenters. The van der Waals surface area contributed by atoms with Crippen LogP contribution in [-0.4, -0.2) is 41.1 Å². The Morgan fingerprint density at radius 1 is 0.833 bits per heavy atom. The van der Waals surface area contributed by atoms with Crippen LogP contribution in [-0.2, 0) is 5.54 Å². The molecular formula is C26H37FN2O. The Bertz CT molecular complexity index is 669. The molecule has 2 aromatic carbocycles. The van der Waals surface area contributed by atoms with Crippen LogP contribution in [0.2, 0.25) is 0 Å². The van der Waals surface area contributed by atoms with Crippen LogP contribution in [0.1, 0.15) is 69.4 Å². The maximum absolute atomic E-state index is 12.3. The first-order valence-corrected chi connectivity index (χ1v) is 11.6. The molecule has 2 saturated heterocycles. The van der Waals surface area contributed by atoms with Crippen LogP contribution in [0.5, 0.6) is 0 Å². The summed E-state index contributed by atoms with van der Waals surface area (Å²) < 4.78 is 12.3. The molecule has 0 radical (unpaired) electrons. The lowest BCUT2D eigenvalue weighted by Crippen LogP contribution is -2.49.